The van der Waals surface area contributed by atoms with Gasteiger partial charge in [0.1, 0.15) is 0 Å². The number of anilines is 2. The van der Waals surface area contributed by atoms with Gasteiger partial charge in [-0.2, -0.15) is 0 Å². The normalized spacial score (nSPS) is 10.6. The number of hydrogen-bond acceptors (Lipinski definition) is 2. The Hall–Kier alpha value is -1.18. The first-order valence-electron chi connectivity index (χ1n) is 5.11. The molecule has 0 aromatic heterocycles. The van der Waals surface area contributed by atoms with Crippen molar-refractivity contribution in [1.29, 1.82) is 0 Å². The molecule has 0 bridgehead atoms. The molecule has 0 aliphatic rings. The number of aryl methyl sites for hydroxylation is 2. The molecule has 0 saturated carbocycles. The molecule has 78 valence electrons. The first-order valence-corrected chi connectivity index (χ1v) is 5.11. The fourth-order valence-electron chi connectivity index (χ4n) is 1.31. The molecule has 0 aliphatic carbocycles. The third-order valence-corrected chi connectivity index (χ3v) is 2.37. The van der Waals surface area contributed by atoms with Crippen LogP contribution in [0.5, 0.6) is 0 Å². The summed E-state index contributed by atoms with van der Waals surface area (Å²) in [6, 6.07) is 4.14. The second-order valence-corrected chi connectivity index (χ2v) is 4.30. The molecule has 2 nitrogen and oxygen atoms in total. The highest BCUT2D eigenvalue weighted by atomic mass is 14.9. The quantitative estimate of drug-likeness (QED) is 0.723. The predicted molar refractivity (Wildman–Crippen MR) is 63.7 cm³/mol. The van der Waals surface area contributed by atoms with E-state index >= 15 is 0 Å². The lowest BCUT2D eigenvalue weighted by Gasteiger charge is -2.13. The molecule has 0 unspecified atom stereocenters. The van der Waals surface area contributed by atoms with Gasteiger partial charge in [-0.05, 0) is 43.0 Å². The molecule has 1 aromatic rings. The zero-order chi connectivity index (χ0) is 10.7. The van der Waals surface area contributed by atoms with Crippen LogP contribution in [-0.2, 0) is 0 Å². The first-order chi connectivity index (χ1) is 6.50. The van der Waals surface area contributed by atoms with Gasteiger partial charge in [-0.3, -0.25) is 0 Å². The lowest BCUT2D eigenvalue weighted by atomic mass is 10.1. The highest BCUT2D eigenvalue weighted by Gasteiger charge is 2.02. The van der Waals surface area contributed by atoms with Gasteiger partial charge in [0, 0.05) is 6.54 Å². The maximum absolute atomic E-state index is 5.91. The minimum absolute atomic E-state index is 0.635. The van der Waals surface area contributed by atoms with Crippen LogP contribution in [0.1, 0.15) is 25.0 Å². The van der Waals surface area contributed by atoms with Crippen molar-refractivity contribution >= 4 is 11.4 Å². The Morgan fingerprint density at radius 1 is 1.21 bits per heavy atom. The van der Waals surface area contributed by atoms with E-state index in [4.69, 9.17) is 5.73 Å². The molecule has 0 heterocycles. The number of benzene rings is 1. The van der Waals surface area contributed by atoms with Gasteiger partial charge >= 0.3 is 0 Å². The van der Waals surface area contributed by atoms with Crippen LogP contribution in [0.3, 0.4) is 0 Å². The Labute approximate surface area is 86.5 Å². The maximum Gasteiger partial charge on any atom is 0.0576 e. The number of rotatable bonds is 3. The van der Waals surface area contributed by atoms with Gasteiger partial charge in [0.2, 0.25) is 0 Å². The van der Waals surface area contributed by atoms with E-state index in [1.165, 1.54) is 11.1 Å². The number of hydrogen-bond donors (Lipinski definition) is 2. The average molecular weight is 192 g/mol. The average Bonchev–Trinajstić information content (AvgIpc) is 2.09. The Bertz CT molecular complexity index is 316. The molecule has 0 aliphatic heterocycles. The van der Waals surface area contributed by atoms with E-state index in [1.54, 1.807) is 0 Å². The fourth-order valence-corrected chi connectivity index (χ4v) is 1.31. The predicted octanol–water partition coefficient (Wildman–Crippen LogP) is 2.95. The SMILES string of the molecule is Cc1cc(N)c(NCC(C)C)cc1C. The molecule has 3 N–H and O–H groups in total. The van der Waals surface area contributed by atoms with Crippen molar-refractivity contribution in [3.63, 3.8) is 0 Å². The van der Waals surface area contributed by atoms with Gasteiger partial charge in [0.05, 0.1) is 11.4 Å². The van der Waals surface area contributed by atoms with E-state index in [-0.39, 0.29) is 0 Å². The second-order valence-electron chi connectivity index (χ2n) is 4.30. The second kappa shape index (κ2) is 4.36. The summed E-state index contributed by atoms with van der Waals surface area (Å²) >= 11 is 0. The van der Waals surface area contributed by atoms with Gasteiger partial charge in [-0.15, -0.1) is 0 Å². The molecule has 0 amide bonds. The van der Waals surface area contributed by atoms with E-state index < -0.39 is 0 Å². The van der Waals surface area contributed by atoms with Crippen LogP contribution in [0, 0.1) is 19.8 Å². The summed E-state index contributed by atoms with van der Waals surface area (Å²) in [4.78, 5) is 0. The van der Waals surface area contributed by atoms with E-state index in [9.17, 15) is 0 Å². The third kappa shape index (κ3) is 2.66. The van der Waals surface area contributed by atoms with Crippen molar-refractivity contribution in [1.82, 2.24) is 0 Å². The summed E-state index contributed by atoms with van der Waals surface area (Å²) in [5.41, 5.74) is 10.3. The van der Waals surface area contributed by atoms with Crippen molar-refractivity contribution < 1.29 is 0 Å². The lowest BCUT2D eigenvalue weighted by molar-refractivity contribution is 0.689. The van der Waals surface area contributed by atoms with Crippen molar-refractivity contribution in [3.8, 4) is 0 Å². The van der Waals surface area contributed by atoms with E-state index in [0.29, 0.717) is 5.92 Å². The van der Waals surface area contributed by atoms with Crippen molar-refractivity contribution in [3.05, 3.63) is 23.3 Å². The zero-order valence-electron chi connectivity index (χ0n) is 9.52. The molecular weight excluding hydrogens is 172 g/mol. The molecule has 0 fully saturated rings. The van der Waals surface area contributed by atoms with Gasteiger partial charge in [0.15, 0.2) is 0 Å². The topological polar surface area (TPSA) is 38.0 Å². The van der Waals surface area contributed by atoms with Crippen LogP contribution in [0.15, 0.2) is 12.1 Å². The van der Waals surface area contributed by atoms with E-state index in [2.05, 4.69) is 39.1 Å². The Morgan fingerprint density at radius 2 is 1.79 bits per heavy atom. The van der Waals surface area contributed by atoms with Gasteiger partial charge in [0.25, 0.3) is 0 Å². The molecule has 1 rings (SSSR count). The molecule has 0 atom stereocenters. The van der Waals surface area contributed by atoms with Gasteiger partial charge < -0.3 is 11.1 Å². The Balaban J connectivity index is 2.82. The molecule has 0 radical (unpaired) electrons. The van der Waals surface area contributed by atoms with Gasteiger partial charge in [-0.25, -0.2) is 0 Å². The number of nitrogens with one attached hydrogen (secondary N) is 1. The third-order valence-electron chi connectivity index (χ3n) is 2.37. The minimum Gasteiger partial charge on any atom is -0.397 e. The highest BCUT2D eigenvalue weighted by molar-refractivity contribution is 5.68. The lowest BCUT2D eigenvalue weighted by Crippen LogP contribution is -2.09. The molecule has 14 heavy (non-hydrogen) atoms. The van der Waals surface area contributed by atoms with Crippen molar-refractivity contribution in [2.45, 2.75) is 27.7 Å². The molecule has 1 aromatic carbocycles. The number of nitrogens with two attached hydrogens (primary N) is 1. The fraction of sp³-hybridized carbons (Fsp3) is 0.500. The highest BCUT2D eigenvalue weighted by Crippen LogP contribution is 2.22. The van der Waals surface area contributed by atoms with Crippen molar-refractivity contribution in [2.75, 3.05) is 17.6 Å². The molecule has 0 saturated heterocycles. The molecule has 2 heteroatoms. The van der Waals surface area contributed by atoms with Crippen molar-refractivity contribution in [2.24, 2.45) is 5.92 Å². The minimum atomic E-state index is 0.635. The number of nitrogen functional groups attached to an aromatic ring is 1. The Morgan fingerprint density at radius 3 is 2.36 bits per heavy atom. The maximum atomic E-state index is 5.91. The summed E-state index contributed by atoms with van der Waals surface area (Å²) < 4.78 is 0. The summed E-state index contributed by atoms with van der Waals surface area (Å²) in [5, 5.41) is 3.36. The summed E-state index contributed by atoms with van der Waals surface area (Å²) in [5.74, 6) is 0.635. The zero-order valence-corrected chi connectivity index (χ0v) is 9.52. The van der Waals surface area contributed by atoms with Crippen LogP contribution in [0.2, 0.25) is 0 Å². The summed E-state index contributed by atoms with van der Waals surface area (Å²) in [6.45, 7) is 9.52. The standard InChI is InChI=1S/C12H20N2/c1-8(2)7-14-12-6-10(4)9(3)5-11(12)13/h5-6,8,14H,7,13H2,1-4H3. The van der Waals surface area contributed by atoms with Gasteiger partial charge in [-0.1, -0.05) is 13.8 Å². The van der Waals surface area contributed by atoms with Crippen LogP contribution in [-0.4, -0.2) is 6.54 Å². The first kappa shape index (κ1) is 10.9. The Kier molecular flexibility index (Phi) is 3.39. The van der Waals surface area contributed by atoms with E-state index in [1.807, 2.05) is 6.07 Å². The summed E-state index contributed by atoms with van der Waals surface area (Å²) in [7, 11) is 0. The van der Waals surface area contributed by atoms with E-state index in [0.717, 1.165) is 17.9 Å². The van der Waals surface area contributed by atoms with Crippen LogP contribution < -0.4 is 11.1 Å². The summed E-state index contributed by atoms with van der Waals surface area (Å²) in [6.07, 6.45) is 0. The van der Waals surface area contributed by atoms with Crippen LogP contribution >= 0.6 is 0 Å². The van der Waals surface area contributed by atoms with Crippen LogP contribution in [0.4, 0.5) is 11.4 Å². The molecular formula is C12H20N2. The molecule has 0 spiro atoms. The largest absolute Gasteiger partial charge is 0.397 e. The van der Waals surface area contributed by atoms with Crippen LogP contribution in [0.25, 0.3) is 0 Å². The smallest absolute Gasteiger partial charge is 0.0576 e. The monoisotopic (exact) mass is 192 g/mol.